The molecule has 4 nitrogen and oxygen atoms in total. The van der Waals surface area contributed by atoms with E-state index < -0.39 is 0 Å². The molecule has 0 radical (unpaired) electrons. The zero-order chi connectivity index (χ0) is 8.27. The van der Waals surface area contributed by atoms with Crippen molar-refractivity contribution < 1.29 is 0 Å². The normalized spacial score (nSPS) is 10.0. The van der Waals surface area contributed by atoms with E-state index in [0.29, 0.717) is 6.54 Å². The van der Waals surface area contributed by atoms with Crippen LogP contribution in [0.1, 0.15) is 18.3 Å². The highest BCUT2D eigenvalue weighted by Crippen LogP contribution is 1.94. The topological polar surface area (TPSA) is 71.8 Å². The van der Waals surface area contributed by atoms with Crippen molar-refractivity contribution in [2.45, 2.75) is 19.9 Å². The molecule has 1 rings (SSSR count). The van der Waals surface area contributed by atoms with Crippen LogP contribution in [0.2, 0.25) is 0 Å². The van der Waals surface area contributed by atoms with Gasteiger partial charge in [0, 0.05) is 17.9 Å². The van der Waals surface area contributed by atoms with Gasteiger partial charge in [-0.05, 0) is 12.5 Å². The first-order chi connectivity index (χ1) is 5.26. The summed E-state index contributed by atoms with van der Waals surface area (Å²) in [5.41, 5.74) is 6.55. The molecule has 1 aromatic heterocycles. The van der Waals surface area contributed by atoms with E-state index in [0.717, 1.165) is 17.8 Å². The van der Waals surface area contributed by atoms with Crippen LogP contribution in [0.25, 0.3) is 0 Å². The van der Waals surface area contributed by atoms with E-state index in [2.05, 4.69) is 9.97 Å². The third-order valence-corrected chi connectivity index (χ3v) is 1.44. The van der Waals surface area contributed by atoms with Crippen molar-refractivity contribution in [3.8, 4) is 0 Å². The van der Waals surface area contributed by atoms with Crippen LogP contribution in [0.3, 0.4) is 0 Å². The average molecular weight is 153 g/mol. The lowest BCUT2D eigenvalue weighted by atomic mass is 10.3. The van der Waals surface area contributed by atoms with Crippen LogP contribution < -0.4 is 11.4 Å². The van der Waals surface area contributed by atoms with E-state index in [1.165, 1.54) is 0 Å². The molecule has 0 aliphatic carbocycles. The van der Waals surface area contributed by atoms with Crippen LogP contribution in [-0.2, 0) is 13.0 Å². The lowest BCUT2D eigenvalue weighted by Gasteiger charge is -1.97. The molecular formula is C7H11N3O. The van der Waals surface area contributed by atoms with Crippen molar-refractivity contribution in [1.29, 1.82) is 0 Å². The highest BCUT2D eigenvalue weighted by molar-refractivity contribution is 5.07. The summed E-state index contributed by atoms with van der Waals surface area (Å²) >= 11 is 0. The van der Waals surface area contributed by atoms with E-state index in [9.17, 15) is 4.79 Å². The van der Waals surface area contributed by atoms with Gasteiger partial charge in [0.05, 0.1) is 0 Å². The van der Waals surface area contributed by atoms with Gasteiger partial charge in [0.25, 0.3) is 0 Å². The summed E-state index contributed by atoms with van der Waals surface area (Å²) < 4.78 is 0. The van der Waals surface area contributed by atoms with E-state index in [1.54, 1.807) is 6.07 Å². The standard InChI is InChI=1S/C7H11N3O/c1-2-5-3-6(4-8)10-7(11)9-5/h3H,2,4,8H2,1H3,(H,9,10,11). The van der Waals surface area contributed by atoms with Crippen LogP contribution in [0.15, 0.2) is 10.9 Å². The summed E-state index contributed by atoms with van der Waals surface area (Å²) in [5, 5.41) is 0. The molecule has 0 bridgehead atoms. The van der Waals surface area contributed by atoms with E-state index >= 15 is 0 Å². The van der Waals surface area contributed by atoms with E-state index in [1.807, 2.05) is 6.92 Å². The maximum absolute atomic E-state index is 10.8. The Balaban J connectivity index is 3.12. The summed E-state index contributed by atoms with van der Waals surface area (Å²) in [4.78, 5) is 17.1. The minimum absolute atomic E-state index is 0.315. The van der Waals surface area contributed by atoms with Crippen LogP contribution >= 0.6 is 0 Å². The van der Waals surface area contributed by atoms with Crippen LogP contribution in [0.4, 0.5) is 0 Å². The number of nitrogens with one attached hydrogen (secondary N) is 1. The molecule has 1 heterocycles. The smallest absolute Gasteiger partial charge is 0.325 e. The summed E-state index contributed by atoms with van der Waals surface area (Å²) in [5.74, 6) is 0. The second-order valence-electron chi connectivity index (χ2n) is 2.26. The molecule has 1 aromatic rings. The first-order valence-electron chi connectivity index (χ1n) is 3.55. The molecule has 0 saturated heterocycles. The van der Waals surface area contributed by atoms with Gasteiger partial charge in [-0.25, -0.2) is 4.79 Å². The molecule has 0 fully saturated rings. The van der Waals surface area contributed by atoms with Crippen molar-refractivity contribution in [1.82, 2.24) is 9.97 Å². The summed E-state index contributed by atoms with van der Waals surface area (Å²) in [6.45, 7) is 2.30. The van der Waals surface area contributed by atoms with Crippen molar-refractivity contribution in [2.24, 2.45) is 5.73 Å². The largest absolute Gasteiger partial charge is 0.345 e. The van der Waals surface area contributed by atoms with Gasteiger partial charge in [-0.3, -0.25) is 0 Å². The number of hydrogen-bond donors (Lipinski definition) is 2. The number of nitrogens with zero attached hydrogens (tertiary/aromatic N) is 1. The molecule has 0 saturated carbocycles. The number of aromatic amines is 1. The number of aromatic nitrogens is 2. The maximum atomic E-state index is 10.8. The summed E-state index contributed by atoms with van der Waals surface area (Å²) in [6.07, 6.45) is 0.761. The molecule has 4 heteroatoms. The molecule has 60 valence electrons. The van der Waals surface area contributed by atoms with Gasteiger partial charge in [-0.1, -0.05) is 6.92 Å². The Morgan fingerprint density at radius 1 is 1.73 bits per heavy atom. The average Bonchev–Trinajstić information content (AvgIpc) is 2.03. The minimum Gasteiger partial charge on any atom is -0.325 e. The fourth-order valence-electron chi connectivity index (χ4n) is 0.856. The Morgan fingerprint density at radius 3 is 3.00 bits per heavy atom. The molecule has 0 amide bonds. The second-order valence-corrected chi connectivity index (χ2v) is 2.26. The van der Waals surface area contributed by atoms with Gasteiger partial charge in [-0.15, -0.1) is 0 Å². The summed E-state index contributed by atoms with van der Waals surface area (Å²) in [6, 6.07) is 1.81. The Morgan fingerprint density at radius 2 is 2.45 bits per heavy atom. The number of H-pyrrole nitrogens is 1. The number of hydrogen-bond acceptors (Lipinski definition) is 3. The second kappa shape index (κ2) is 3.30. The predicted molar refractivity (Wildman–Crippen MR) is 42.1 cm³/mol. The Bertz CT molecular complexity index is 267. The fraction of sp³-hybridized carbons (Fsp3) is 0.429. The highest BCUT2D eigenvalue weighted by atomic mass is 16.1. The molecule has 0 aliphatic heterocycles. The van der Waals surface area contributed by atoms with Crippen LogP contribution in [0, 0.1) is 0 Å². The Hall–Kier alpha value is -1.16. The van der Waals surface area contributed by atoms with E-state index in [-0.39, 0.29) is 5.69 Å². The first kappa shape index (κ1) is 7.94. The molecule has 11 heavy (non-hydrogen) atoms. The zero-order valence-corrected chi connectivity index (χ0v) is 6.42. The van der Waals surface area contributed by atoms with Crippen molar-refractivity contribution >= 4 is 0 Å². The molecule has 0 atom stereocenters. The van der Waals surface area contributed by atoms with Gasteiger partial charge < -0.3 is 10.7 Å². The zero-order valence-electron chi connectivity index (χ0n) is 6.42. The van der Waals surface area contributed by atoms with Gasteiger partial charge in [0.2, 0.25) is 0 Å². The predicted octanol–water partition coefficient (Wildman–Crippen LogP) is -0.209. The number of rotatable bonds is 2. The third kappa shape index (κ3) is 1.88. The lowest BCUT2D eigenvalue weighted by molar-refractivity contribution is 0.884. The van der Waals surface area contributed by atoms with Crippen molar-refractivity contribution in [2.75, 3.05) is 0 Å². The quantitative estimate of drug-likeness (QED) is 0.617. The van der Waals surface area contributed by atoms with Crippen molar-refractivity contribution in [3.05, 3.63) is 27.9 Å². The number of nitrogens with two attached hydrogens (primary N) is 1. The van der Waals surface area contributed by atoms with Gasteiger partial charge in [0.1, 0.15) is 0 Å². The molecule has 0 aliphatic rings. The van der Waals surface area contributed by atoms with Crippen molar-refractivity contribution in [3.63, 3.8) is 0 Å². The third-order valence-electron chi connectivity index (χ3n) is 1.44. The van der Waals surface area contributed by atoms with Crippen LogP contribution in [-0.4, -0.2) is 9.97 Å². The first-order valence-corrected chi connectivity index (χ1v) is 3.55. The van der Waals surface area contributed by atoms with Gasteiger partial charge in [0.15, 0.2) is 0 Å². The minimum atomic E-state index is -0.315. The number of aryl methyl sites for hydroxylation is 1. The van der Waals surface area contributed by atoms with Gasteiger partial charge in [-0.2, -0.15) is 4.98 Å². The monoisotopic (exact) mass is 153 g/mol. The molecule has 0 unspecified atom stereocenters. The Labute approximate surface area is 64.5 Å². The van der Waals surface area contributed by atoms with E-state index in [4.69, 9.17) is 5.73 Å². The molecule has 3 N–H and O–H groups in total. The Kier molecular flexibility index (Phi) is 2.38. The highest BCUT2D eigenvalue weighted by Gasteiger charge is 1.95. The molecular weight excluding hydrogens is 142 g/mol. The SMILES string of the molecule is CCc1cc(CN)[nH]c(=O)n1. The molecule has 0 aromatic carbocycles. The van der Waals surface area contributed by atoms with Gasteiger partial charge >= 0.3 is 5.69 Å². The van der Waals surface area contributed by atoms with Crippen LogP contribution in [0.5, 0.6) is 0 Å². The summed E-state index contributed by atoms with van der Waals surface area (Å²) in [7, 11) is 0. The molecule has 0 spiro atoms. The fourth-order valence-corrected chi connectivity index (χ4v) is 0.856. The lowest BCUT2D eigenvalue weighted by Crippen LogP contribution is -2.16. The maximum Gasteiger partial charge on any atom is 0.345 e.